The van der Waals surface area contributed by atoms with E-state index in [1.165, 1.54) is 11.6 Å². The van der Waals surface area contributed by atoms with Gasteiger partial charge >= 0.3 is 5.97 Å². The molecule has 0 aliphatic heterocycles. The zero-order valence-corrected chi connectivity index (χ0v) is 16.9. The number of fused-ring (bicyclic) bond motifs is 1. The first-order valence-electron chi connectivity index (χ1n) is 9.40. The zero-order chi connectivity index (χ0) is 20.6. The van der Waals surface area contributed by atoms with E-state index in [0.29, 0.717) is 17.7 Å². The Morgan fingerprint density at radius 2 is 1.93 bits per heavy atom. The first-order valence-corrected chi connectivity index (χ1v) is 10.2. The van der Waals surface area contributed by atoms with Gasteiger partial charge in [-0.25, -0.2) is 4.98 Å². The van der Waals surface area contributed by atoms with Gasteiger partial charge in [-0.15, -0.1) is 11.3 Å². The smallest absolute Gasteiger partial charge is 0.306 e. The summed E-state index contributed by atoms with van der Waals surface area (Å²) in [6, 6.07) is 16.7. The minimum atomic E-state index is -0.932. The molecule has 6 nitrogen and oxygen atoms in total. The van der Waals surface area contributed by atoms with Crippen molar-refractivity contribution in [2.45, 2.75) is 38.7 Å². The predicted molar refractivity (Wildman–Crippen MR) is 113 cm³/mol. The summed E-state index contributed by atoms with van der Waals surface area (Å²) < 4.78 is 6.38. The predicted octanol–water partition coefficient (Wildman–Crippen LogP) is 4.45. The van der Waals surface area contributed by atoms with E-state index in [1.54, 1.807) is 35.6 Å². The summed E-state index contributed by atoms with van der Waals surface area (Å²) in [6.45, 7) is 1.52. The number of anilines is 1. The van der Waals surface area contributed by atoms with Gasteiger partial charge in [0.25, 0.3) is 5.91 Å². The number of nitrogens with one attached hydrogen (secondary N) is 1. The van der Waals surface area contributed by atoms with Crippen molar-refractivity contribution in [2.24, 2.45) is 0 Å². The molecule has 0 saturated heterocycles. The first kappa shape index (κ1) is 20.5. The number of esters is 1. The van der Waals surface area contributed by atoms with Gasteiger partial charge in [-0.3, -0.25) is 9.59 Å². The highest BCUT2D eigenvalue weighted by Gasteiger charge is 2.18. The fraction of sp³-hybridized carbons (Fsp3) is 0.273. The number of unbranched alkanes of at least 4 members (excludes halogenated alkanes) is 1. The number of nitrogens with zero attached hydrogens (tertiary/aromatic N) is 2. The lowest BCUT2D eigenvalue weighted by molar-refractivity contribution is -0.153. The maximum atomic E-state index is 12.2. The Bertz CT molecular complexity index is 1020. The first-order chi connectivity index (χ1) is 14.1. The van der Waals surface area contributed by atoms with Gasteiger partial charge in [-0.2, -0.15) is 5.26 Å². The molecule has 0 aliphatic carbocycles. The zero-order valence-electron chi connectivity index (χ0n) is 16.1. The van der Waals surface area contributed by atoms with Crippen molar-refractivity contribution in [3.05, 3.63) is 59.1 Å². The molecule has 148 valence electrons. The highest BCUT2D eigenvalue weighted by Crippen LogP contribution is 2.23. The van der Waals surface area contributed by atoms with Gasteiger partial charge in [-0.05, 0) is 50.5 Å². The maximum Gasteiger partial charge on any atom is 0.306 e. The van der Waals surface area contributed by atoms with Crippen molar-refractivity contribution in [2.75, 3.05) is 5.32 Å². The normalized spacial score (nSPS) is 11.6. The number of aromatic nitrogens is 1. The molecule has 29 heavy (non-hydrogen) atoms. The van der Waals surface area contributed by atoms with E-state index in [4.69, 9.17) is 10.00 Å². The summed E-state index contributed by atoms with van der Waals surface area (Å²) in [5.74, 6) is -0.874. The molecule has 0 spiro atoms. The number of nitriles is 1. The lowest BCUT2D eigenvalue weighted by Gasteiger charge is -2.14. The number of hydrogen-bond acceptors (Lipinski definition) is 6. The average Bonchev–Trinajstić information content (AvgIpc) is 3.14. The molecule has 3 aromatic rings. The van der Waals surface area contributed by atoms with Crippen LogP contribution in [0, 0.1) is 11.3 Å². The number of ether oxygens (including phenoxy) is 1. The molecule has 2 aromatic carbocycles. The monoisotopic (exact) mass is 407 g/mol. The standard InChI is InChI=1S/C22H21N3O3S/c1-15(22(27)25-17-9-3-2-8-16(17)14-23)28-21(26)13-7-6-12-20-24-18-10-4-5-11-19(18)29-20/h2-5,8-11,15H,6-7,12-13H2,1H3,(H,25,27)/t15-/m0/s1. The van der Waals surface area contributed by atoms with Gasteiger partial charge in [-0.1, -0.05) is 24.3 Å². The molecule has 1 aromatic heterocycles. The Morgan fingerprint density at radius 1 is 1.17 bits per heavy atom. The number of benzene rings is 2. The number of hydrogen-bond donors (Lipinski definition) is 1. The Hall–Kier alpha value is -3.24. The maximum absolute atomic E-state index is 12.2. The summed E-state index contributed by atoms with van der Waals surface area (Å²) in [7, 11) is 0. The fourth-order valence-corrected chi connectivity index (χ4v) is 3.82. The average molecular weight is 407 g/mol. The van der Waals surface area contributed by atoms with Crippen molar-refractivity contribution in [1.82, 2.24) is 4.98 Å². The summed E-state index contributed by atoms with van der Waals surface area (Å²) >= 11 is 1.67. The molecule has 0 unspecified atom stereocenters. The van der Waals surface area contributed by atoms with E-state index >= 15 is 0 Å². The molecule has 0 radical (unpaired) electrons. The molecule has 3 rings (SSSR count). The van der Waals surface area contributed by atoms with Crippen LogP contribution in [0.5, 0.6) is 0 Å². The SMILES string of the molecule is C[C@H](OC(=O)CCCCc1nc2ccccc2s1)C(=O)Nc1ccccc1C#N. The van der Waals surface area contributed by atoms with Crippen LogP contribution in [0.15, 0.2) is 48.5 Å². The lowest BCUT2D eigenvalue weighted by atomic mass is 10.2. The van der Waals surface area contributed by atoms with Crippen LogP contribution in [0.2, 0.25) is 0 Å². The van der Waals surface area contributed by atoms with Crippen molar-refractivity contribution >= 4 is 39.1 Å². The second kappa shape index (κ2) is 9.80. The molecule has 1 N–H and O–H groups in total. The number of para-hydroxylation sites is 2. The van der Waals surface area contributed by atoms with Gasteiger partial charge < -0.3 is 10.1 Å². The number of rotatable bonds is 8. The molecule has 0 bridgehead atoms. The van der Waals surface area contributed by atoms with Crippen LogP contribution in [0.4, 0.5) is 5.69 Å². The van der Waals surface area contributed by atoms with Crippen molar-refractivity contribution < 1.29 is 14.3 Å². The fourth-order valence-electron chi connectivity index (χ4n) is 2.81. The van der Waals surface area contributed by atoms with E-state index < -0.39 is 18.0 Å². The second-order valence-corrected chi connectivity index (χ2v) is 7.68. The molecule has 7 heteroatoms. The van der Waals surface area contributed by atoms with Crippen LogP contribution in [0.3, 0.4) is 0 Å². The molecule has 1 amide bonds. The van der Waals surface area contributed by atoms with Gasteiger partial charge in [0.15, 0.2) is 6.10 Å². The van der Waals surface area contributed by atoms with Crippen LogP contribution in [0.25, 0.3) is 10.2 Å². The minimum absolute atomic E-state index is 0.247. The topological polar surface area (TPSA) is 92.1 Å². The highest BCUT2D eigenvalue weighted by molar-refractivity contribution is 7.18. The lowest BCUT2D eigenvalue weighted by Crippen LogP contribution is -2.30. The number of thiazole rings is 1. The van der Waals surface area contributed by atoms with E-state index in [-0.39, 0.29) is 6.42 Å². The third-order valence-electron chi connectivity index (χ3n) is 4.34. The summed E-state index contributed by atoms with van der Waals surface area (Å²) in [6.07, 6.45) is 1.62. The Labute approximate surface area is 173 Å². The number of carbonyl (C=O) groups is 2. The summed E-state index contributed by atoms with van der Waals surface area (Å²) in [5, 5.41) is 12.8. The van der Waals surface area contributed by atoms with Crippen LogP contribution in [-0.2, 0) is 20.7 Å². The Balaban J connectivity index is 1.40. The van der Waals surface area contributed by atoms with E-state index in [2.05, 4.69) is 16.4 Å². The molecule has 1 heterocycles. The Morgan fingerprint density at radius 3 is 2.72 bits per heavy atom. The van der Waals surface area contributed by atoms with Crippen LogP contribution >= 0.6 is 11.3 Å². The number of amides is 1. The summed E-state index contributed by atoms with van der Waals surface area (Å²) in [5.41, 5.74) is 1.76. The Kier molecular flexibility index (Phi) is 6.93. The van der Waals surface area contributed by atoms with Gasteiger partial charge in [0.05, 0.1) is 26.5 Å². The third-order valence-corrected chi connectivity index (χ3v) is 5.44. The van der Waals surface area contributed by atoms with Gasteiger partial charge in [0.2, 0.25) is 0 Å². The molecule has 0 fully saturated rings. The number of carbonyl (C=O) groups excluding carboxylic acids is 2. The van der Waals surface area contributed by atoms with E-state index in [0.717, 1.165) is 23.4 Å². The molecule has 0 saturated carbocycles. The van der Waals surface area contributed by atoms with E-state index in [1.807, 2.05) is 24.3 Å². The van der Waals surface area contributed by atoms with E-state index in [9.17, 15) is 9.59 Å². The van der Waals surface area contributed by atoms with Crippen molar-refractivity contribution in [1.29, 1.82) is 5.26 Å². The van der Waals surface area contributed by atoms with Gasteiger partial charge in [0.1, 0.15) is 6.07 Å². The van der Waals surface area contributed by atoms with Crippen LogP contribution in [-0.4, -0.2) is 23.0 Å². The van der Waals surface area contributed by atoms with Crippen molar-refractivity contribution in [3.8, 4) is 6.07 Å². The highest BCUT2D eigenvalue weighted by atomic mass is 32.1. The second-order valence-electron chi connectivity index (χ2n) is 6.56. The third kappa shape index (κ3) is 5.62. The summed E-state index contributed by atoms with van der Waals surface area (Å²) in [4.78, 5) is 28.8. The van der Waals surface area contributed by atoms with Gasteiger partial charge in [0, 0.05) is 6.42 Å². The molecular formula is C22H21N3O3S. The molecular weight excluding hydrogens is 386 g/mol. The van der Waals surface area contributed by atoms with Crippen LogP contribution in [0.1, 0.15) is 36.8 Å². The van der Waals surface area contributed by atoms with Crippen molar-refractivity contribution in [3.63, 3.8) is 0 Å². The largest absolute Gasteiger partial charge is 0.453 e. The number of aryl methyl sites for hydroxylation is 1. The molecule has 0 aliphatic rings. The quantitative estimate of drug-likeness (QED) is 0.440. The molecule has 1 atom stereocenters. The minimum Gasteiger partial charge on any atom is -0.453 e. The van der Waals surface area contributed by atoms with Crippen LogP contribution < -0.4 is 5.32 Å².